The van der Waals surface area contributed by atoms with E-state index in [2.05, 4.69) is 16.7 Å². The second kappa shape index (κ2) is 9.56. The van der Waals surface area contributed by atoms with Crippen LogP contribution in [-0.2, 0) is 4.74 Å². The summed E-state index contributed by atoms with van der Waals surface area (Å²) in [6, 6.07) is 10.2. The van der Waals surface area contributed by atoms with Crippen molar-refractivity contribution in [2.24, 2.45) is 0 Å². The van der Waals surface area contributed by atoms with Crippen molar-refractivity contribution >= 4 is 11.0 Å². The molecule has 0 unspecified atom stereocenters. The highest BCUT2D eigenvalue weighted by Gasteiger charge is 2.15. The summed E-state index contributed by atoms with van der Waals surface area (Å²) >= 11 is 0. The minimum atomic E-state index is -0.237. The molecule has 2 heterocycles. The molecule has 1 saturated heterocycles. The maximum Gasteiger partial charge on any atom is 0.202 e. The molecule has 0 spiro atoms. The van der Waals surface area contributed by atoms with Gasteiger partial charge in [-0.3, -0.25) is 9.69 Å². The van der Waals surface area contributed by atoms with Crippen LogP contribution in [0.25, 0.3) is 22.1 Å². The predicted octanol–water partition coefficient (Wildman–Crippen LogP) is 2.89. The van der Waals surface area contributed by atoms with Crippen molar-refractivity contribution in [3.63, 3.8) is 0 Å². The normalized spacial score (nSPS) is 14.1. The van der Waals surface area contributed by atoms with Crippen LogP contribution in [0.2, 0.25) is 0 Å². The summed E-state index contributed by atoms with van der Waals surface area (Å²) in [6.45, 7) is 3.98. The second-order valence-corrected chi connectivity index (χ2v) is 7.03. The number of aromatic hydroxyl groups is 1. The minimum absolute atomic E-state index is 0.0843. The van der Waals surface area contributed by atoms with Crippen molar-refractivity contribution in [3.05, 3.63) is 52.9 Å². The van der Waals surface area contributed by atoms with Crippen LogP contribution in [0.4, 0.5) is 0 Å². The van der Waals surface area contributed by atoms with Crippen LogP contribution < -0.4 is 14.9 Å². The lowest BCUT2D eigenvalue weighted by Gasteiger charge is -2.24. The van der Waals surface area contributed by atoms with Crippen molar-refractivity contribution in [1.29, 1.82) is 0 Å². The third-order valence-corrected chi connectivity index (χ3v) is 5.11. The fourth-order valence-electron chi connectivity index (χ4n) is 3.35. The molecule has 7 nitrogen and oxygen atoms in total. The zero-order valence-electron chi connectivity index (χ0n) is 17.2. The van der Waals surface area contributed by atoms with Gasteiger partial charge in [-0.05, 0) is 29.8 Å². The first-order chi connectivity index (χ1) is 15.2. The largest absolute Gasteiger partial charge is 0.502 e. The summed E-state index contributed by atoms with van der Waals surface area (Å²) in [4.78, 5) is 15.1. The molecule has 160 valence electrons. The third-order valence-electron chi connectivity index (χ3n) is 5.11. The van der Waals surface area contributed by atoms with E-state index in [1.165, 1.54) is 6.26 Å². The quantitative estimate of drug-likeness (QED) is 0.635. The fraction of sp³-hybridized carbons (Fsp3) is 0.292. The number of fused-ring (bicyclic) bond motifs is 1. The fourth-order valence-corrected chi connectivity index (χ4v) is 3.35. The topological polar surface area (TPSA) is 81.4 Å². The van der Waals surface area contributed by atoms with Gasteiger partial charge in [-0.15, -0.1) is 0 Å². The first-order valence-electron chi connectivity index (χ1n) is 9.98. The molecule has 1 N–H and O–H groups in total. The van der Waals surface area contributed by atoms with Gasteiger partial charge in [0, 0.05) is 13.1 Å². The molecule has 1 aromatic heterocycles. The van der Waals surface area contributed by atoms with E-state index >= 15 is 0 Å². The number of phenolic OH excluding ortho intramolecular Hbond substituents is 1. The third kappa shape index (κ3) is 4.66. The highest BCUT2D eigenvalue weighted by Crippen LogP contribution is 2.34. The van der Waals surface area contributed by atoms with Crippen LogP contribution in [-0.4, -0.2) is 56.6 Å². The molecular formula is C24H23NO6. The lowest BCUT2D eigenvalue weighted by Crippen LogP contribution is -2.36. The number of ether oxygens (including phenoxy) is 3. The molecular weight excluding hydrogens is 398 g/mol. The van der Waals surface area contributed by atoms with E-state index in [0.29, 0.717) is 23.4 Å². The van der Waals surface area contributed by atoms with E-state index in [1.807, 2.05) is 0 Å². The molecule has 1 fully saturated rings. The van der Waals surface area contributed by atoms with E-state index in [-0.39, 0.29) is 34.5 Å². The zero-order valence-corrected chi connectivity index (χ0v) is 17.2. The predicted molar refractivity (Wildman–Crippen MR) is 117 cm³/mol. The van der Waals surface area contributed by atoms with Gasteiger partial charge in [-0.1, -0.05) is 24.0 Å². The summed E-state index contributed by atoms with van der Waals surface area (Å²) in [6.07, 6.45) is 1.35. The molecule has 3 aromatic rings. The van der Waals surface area contributed by atoms with Crippen molar-refractivity contribution in [1.82, 2.24) is 4.90 Å². The number of rotatable bonds is 5. The molecule has 7 heteroatoms. The summed E-state index contributed by atoms with van der Waals surface area (Å²) in [5.41, 5.74) is 0.948. The van der Waals surface area contributed by atoms with E-state index in [0.717, 1.165) is 26.3 Å². The van der Waals surface area contributed by atoms with E-state index < -0.39 is 0 Å². The monoisotopic (exact) mass is 421 g/mol. The van der Waals surface area contributed by atoms with Gasteiger partial charge in [0.15, 0.2) is 11.3 Å². The summed E-state index contributed by atoms with van der Waals surface area (Å²) in [7, 11) is 1.58. The first-order valence-corrected chi connectivity index (χ1v) is 9.98. The van der Waals surface area contributed by atoms with E-state index in [9.17, 15) is 9.90 Å². The maximum atomic E-state index is 12.9. The Morgan fingerprint density at radius 3 is 2.61 bits per heavy atom. The van der Waals surface area contributed by atoms with Gasteiger partial charge in [0.05, 0.1) is 37.8 Å². The molecule has 0 radical (unpaired) electrons. The lowest BCUT2D eigenvalue weighted by molar-refractivity contribution is 0.0443. The Morgan fingerprint density at radius 2 is 1.87 bits per heavy atom. The Balaban J connectivity index is 1.49. The summed E-state index contributed by atoms with van der Waals surface area (Å²) in [5, 5.41) is 10.8. The number of phenols is 1. The Kier molecular flexibility index (Phi) is 6.41. The zero-order chi connectivity index (χ0) is 21.6. The number of hydrogen-bond acceptors (Lipinski definition) is 7. The Bertz CT molecular complexity index is 1170. The SMILES string of the molecule is COc1ccc(-c2coc3c(O)c(OCC#CCN4CCOCC4)ccc3c2=O)cc1. The molecule has 0 aliphatic carbocycles. The number of hydrogen-bond donors (Lipinski definition) is 1. The number of benzene rings is 2. The summed E-state index contributed by atoms with van der Waals surface area (Å²) in [5.74, 6) is 6.69. The van der Waals surface area contributed by atoms with Crippen LogP contribution in [0.15, 0.2) is 51.9 Å². The molecule has 1 aliphatic rings. The number of nitrogens with zero attached hydrogens (tertiary/aromatic N) is 1. The highest BCUT2D eigenvalue weighted by molar-refractivity contribution is 5.87. The second-order valence-electron chi connectivity index (χ2n) is 7.03. The lowest BCUT2D eigenvalue weighted by atomic mass is 10.1. The molecule has 0 amide bonds. The maximum absolute atomic E-state index is 12.9. The van der Waals surface area contributed by atoms with Crippen LogP contribution in [0.3, 0.4) is 0 Å². The van der Waals surface area contributed by atoms with Gasteiger partial charge in [0.25, 0.3) is 0 Å². The molecule has 0 saturated carbocycles. The van der Waals surface area contributed by atoms with Crippen LogP contribution in [0, 0.1) is 11.8 Å². The highest BCUT2D eigenvalue weighted by atomic mass is 16.5. The van der Waals surface area contributed by atoms with Crippen molar-refractivity contribution < 1.29 is 23.7 Å². The van der Waals surface area contributed by atoms with E-state index in [4.69, 9.17) is 18.6 Å². The smallest absolute Gasteiger partial charge is 0.202 e. The molecule has 31 heavy (non-hydrogen) atoms. The van der Waals surface area contributed by atoms with Gasteiger partial charge in [0.1, 0.15) is 18.6 Å². The Hall–Kier alpha value is -3.47. The van der Waals surface area contributed by atoms with E-state index in [1.54, 1.807) is 43.5 Å². The standard InChI is InChI=1S/C24H23NO6/c1-28-18-6-4-17(5-7-18)20-16-31-24-19(22(20)26)8-9-21(23(24)27)30-13-3-2-10-25-11-14-29-15-12-25/h4-9,16,27H,10-15H2,1H3. The van der Waals surface area contributed by atoms with Crippen LogP contribution in [0.5, 0.6) is 17.2 Å². The van der Waals surface area contributed by atoms with Crippen molar-refractivity contribution in [2.75, 3.05) is 46.6 Å². The average molecular weight is 421 g/mol. The average Bonchev–Trinajstić information content (AvgIpc) is 2.81. The van der Waals surface area contributed by atoms with Gasteiger partial charge in [-0.25, -0.2) is 0 Å². The Labute approximate surface area is 179 Å². The van der Waals surface area contributed by atoms with Gasteiger partial charge in [0.2, 0.25) is 11.2 Å². The number of morpholine rings is 1. The van der Waals surface area contributed by atoms with Crippen molar-refractivity contribution in [3.8, 4) is 40.2 Å². The van der Waals surface area contributed by atoms with Gasteiger partial charge in [-0.2, -0.15) is 0 Å². The van der Waals surface area contributed by atoms with Crippen LogP contribution >= 0.6 is 0 Å². The molecule has 2 aromatic carbocycles. The Morgan fingerprint density at radius 1 is 1.10 bits per heavy atom. The minimum Gasteiger partial charge on any atom is -0.502 e. The first kappa shape index (κ1) is 20.8. The molecule has 0 atom stereocenters. The van der Waals surface area contributed by atoms with Crippen LogP contribution in [0.1, 0.15) is 0 Å². The van der Waals surface area contributed by atoms with Crippen molar-refractivity contribution in [2.45, 2.75) is 0 Å². The molecule has 0 bridgehead atoms. The van der Waals surface area contributed by atoms with Gasteiger partial charge >= 0.3 is 0 Å². The molecule has 4 rings (SSSR count). The number of methoxy groups -OCH3 is 1. The molecule has 1 aliphatic heterocycles. The van der Waals surface area contributed by atoms with Gasteiger partial charge < -0.3 is 23.7 Å². The summed E-state index contributed by atoms with van der Waals surface area (Å²) < 4.78 is 21.6.